The fraction of sp³-hybridized carbons (Fsp3) is 0.211. The second-order valence-corrected chi connectivity index (χ2v) is 8.28. The summed E-state index contributed by atoms with van der Waals surface area (Å²) in [6.07, 6.45) is 0.442. The first kappa shape index (κ1) is 21.0. The molecule has 0 aliphatic heterocycles. The van der Waals surface area contributed by atoms with Crippen molar-refractivity contribution >= 4 is 27.5 Å². The summed E-state index contributed by atoms with van der Waals surface area (Å²) in [6, 6.07) is 15.3. The van der Waals surface area contributed by atoms with Crippen LogP contribution in [0, 0.1) is 0 Å². The standard InChI is InChI=1S/C19H19ClN4O4S/c20-15-7-4-8-16(13-15)29(26,27)22-12-11-21-17(25)9-10-18-23-24-19(28-18)14-5-2-1-3-6-14/h1-8,13,22H,9-12H2,(H,21,25). The molecule has 29 heavy (non-hydrogen) atoms. The van der Waals surface area contributed by atoms with Crippen LogP contribution in [-0.2, 0) is 21.2 Å². The highest BCUT2D eigenvalue weighted by atomic mass is 35.5. The summed E-state index contributed by atoms with van der Waals surface area (Å²) in [5.74, 6) is 0.517. The molecule has 0 aliphatic carbocycles. The van der Waals surface area contributed by atoms with Crippen LogP contribution in [-0.4, -0.2) is 37.6 Å². The van der Waals surface area contributed by atoms with Crippen LogP contribution in [0.4, 0.5) is 0 Å². The van der Waals surface area contributed by atoms with E-state index in [2.05, 4.69) is 20.2 Å². The van der Waals surface area contributed by atoms with E-state index in [4.69, 9.17) is 16.0 Å². The van der Waals surface area contributed by atoms with Crippen LogP contribution in [0.1, 0.15) is 12.3 Å². The summed E-state index contributed by atoms with van der Waals surface area (Å²) < 4.78 is 32.3. The predicted octanol–water partition coefficient (Wildman–Crippen LogP) is 2.42. The lowest BCUT2D eigenvalue weighted by Crippen LogP contribution is -2.34. The van der Waals surface area contributed by atoms with E-state index in [-0.39, 0.29) is 30.3 Å². The number of aryl methyl sites for hydroxylation is 1. The summed E-state index contributed by atoms with van der Waals surface area (Å²) in [7, 11) is -3.68. The zero-order valence-electron chi connectivity index (χ0n) is 15.3. The molecule has 3 aromatic rings. The number of sulfonamides is 1. The average Bonchev–Trinajstić information content (AvgIpc) is 3.19. The van der Waals surface area contributed by atoms with Gasteiger partial charge in [0.05, 0.1) is 4.90 Å². The van der Waals surface area contributed by atoms with Crippen LogP contribution in [0.2, 0.25) is 5.02 Å². The quantitative estimate of drug-likeness (QED) is 0.500. The Kier molecular flexibility index (Phi) is 6.97. The lowest BCUT2D eigenvalue weighted by molar-refractivity contribution is -0.121. The summed E-state index contributed by atoms with van der Waals surface area (Å²) >= 11 is 5.81. The van der Waals surface area contributed by atoms with Crippen LogP contribution in [0.3, 0.4) is 0 Å². The molecule has 0 bridgehead atoms. The maximum absolute atomic E-state index is 12.1. The molecule has 1 aromatic heterocycles. The van der Waals surface area contributed by atoms with Gasteiger partial charge in [0.15, 0.2) is 0 Å². The van der Waals surface area contributed by atoms with E-state index in [0.717, 1.165) is 5.56 Å². The highest BCUT2D eigenvalue weighted by Crippen LogP contribution is 2.17. The molecule has 0 atom stereocenters. The molecule has 1 heterocycles. The number of amides is 1. The molecule has 2 N–H and O–H groups in total. The van der Waals surface area contributed by atoms with Crippen molar-refractivity contribution in [1.82, 2.24) is 20.2 Å². The largest absolute Gasteiger partial charge is 0.421 e. The van der Waals surface area contributed by atoms with Gasteiger partial charge in [0.25, 0.3) is 0 Å². The summed E-state index contributed by atoms with van der Waals surface area (Å²) in [6.45, 7) is 0.205. The topological polar surface area (TPSA) is 114 Å². The van der Waals surface area contributed by atoms with Gasteiger partial charge in [-0.25, -0.2) is 13.1 Å². The van der Waals surface area contributed by atoms with Gasteiger partial charge in [0.2, 0.25) is 27.7 Å². The number of rotatable bonds is 9. The summed E-state index contributed by atoms with van der Waals surface area (Å²) in [4.78, 5) is 12.0. The molecule has 0 fully saturated rings. The third kappa shape index (κ3) is 6.11. The van der Waals surface area contributed by atoms with Gasteiger partial charge in [-0.3, -0.25) is 4.79 Å². The fourth-order valence-electron chi connectivity index (χ4n) is 2.47. The average molecular weight is 435 g/mol. The molecule has 0 saturated carbocycles. The Labute approximate surface area is 173 Å². The minimum Gasteiger partial charge on any atom is -0.421 e. The third-order valence-electron chi connectivity index (χ3n) is 3.90. The number of aromatic nitrogens is 2. The number of halogens is 1. The van der Waals surface area contributed by atoms with Crippen LogP contribution in [0.25, 0.3) is 11.5 Å². The van der Waals surface area contributed by atoms with Gasteiger partial charge in [-0.1, -0.05) is 35.9 Å². The highest BCUT2D eigenvalue weighted by Gasteiger charge is 2.14. The zero-order chi connectivity index (χ0) is 20.7. The molecule has 0 radical (unpaired) electrons. The van der Waals surface area contributed by atoms with Crippen LogP contribution < -0.4 is 10.0 Å². The third-order valence-corrected chi connectivity index (χ3v) is 5.59. The second-order valence-electron chi connectivity index (χ2n) is 6.07. The molecule has 152 valence electrons. The highest BCUT2D eigenvalue weighted by molar-refractivity contribution is 7.89. The van der Waals surface area contributed by atoms with Gasteiger partial charge < -0.3 is 9.73 Å². The smallest absolute Gasteiger partial charge is 0.247 e. The normalized spacial score (nSPS) is 11.3. The van der Waals surface area contributed by atoms with Crippen molar-refractivity contribution in [3.8, 4) is 11.5 Å². The lowest BCUT2D eigenvalue weighted by atomic mass is 10.2. The molecule has 8 nitrogen and oxygen atoms in total. The first-order valence-electron chi connectivity index (χ1n) is 8.84. The number of benzene rings is 2. The van der Waals surface area contributed by atoms with Crippen LogP contribution in [0.5, 0.6) is 0 Å². The van der Waals surface area contributed by atoms with E-state index in [1.807, 2.05) is 30.3 Å². The van der Waals surface area contributed by atoms with E-state index in [9.17, 15) is 13.2 Å². The van der Waals surface area contributed by atoms with Crippen molar-refractivity contribution in [3.05, 3.63) is 65.5 Å². The minimum absolute atomic E-state index is 0.0549. The molecule has 1 amide bonds. The number of carbonyl (C=O) groups is 1. The first-order valence-corrected chi connectivity index (χ1v) is 10.7. The maximum Gasteiger partial charge on any atom is 0.247 e. The van der Waals surface area contributed by atoms with E-state index < -0.39 is 10.0 Å². The van der Waals surface area contributed by atoms with E-state index >= 15 is 0 Å². The maximum atomic E-state index is 12.1. The van der Waals surface area contributed by atoms with E-state index in [1.54, 1.807) is 12.1 Å². The molecule has 2 aromatic carbocycles. The molecule has 0 spiro atoms. The van der Waals surface area contributed by atoms with E-state index in [1.165, 1.54) is 12.1 Å². The van der Waals surface area contributed by atoms with Crippen molar-refractivity contribution < 1.29 is 17.6 Å². The number of nitrogens with zero attached hydrogens (tertiary/aromatic N) is 2. The van der Waals surface area contributed by atoms with Crippen LogP contribution >= 0.6 is 11.6 Å². The van der Waals surface area contributed by atoms with Gasteiger partial charge in [-0.05, 0) is 30.3 Å². The molecule has 0 unspecified atom stereocenters. The predicted molar refractivity (Wildman–Crippen MR) is 108 cm³/mol. The molecule has 0 saturated heterocycles. The van der Waals surface area contributed by atoms with Crippen molar-refractivity contribution in [1.29, 1.82) is 0 Å². The Morgan fingerprint density at radius 1 is 1.03 bits per heavy atom. The number of carbonyl (C=O) groups excluding carboxylic acids is 1. The SMILES string of the molecule is O=C(CCc1nnc(-c2ccccc2)o1)NCCNS(=O)(=O)c1cccc(Cl)c1. The number of hydrogen-bond donors (Lipinski definition) is 2. The minimum atomic E-state index is -3.68. The molecular formula is C19H19ClN4O4S. The van der Waals surface area contributed by atoms with Gasteiger partial charge in [0.1, 0.15) is 0 Å². The molecular weight excluding hydrogens is 416 g/mol. The lowest BCUT2D eigenvalue weighted by Gasteiger charge is -2.08. The number of nitrogens with one attached hydrogen (secondary N) is 2. The fourth-order valence-corrected chi connectivity index (χ4v) is 3.80. The Hall–Kier alpha value is -2.75. The number of hydrogen-bond acceptors (Lipinski definition) is 6. The summed E-state index contributed by atoms with van der Waals surface area (Å²) in [5.41, 5.74) is 0.808. The van der Waals surface area contributed by atoms with Crippen molar-refractivity contribution in [2.24, 2.45) is 0 Å². The molecule has 0 aliphatic rings. The Morgan fingerprint density at radius 3 is 2.59 bits per heavy atom. The monoisotopic (exact) mass is 434 g/mol. The zero-order valence-corrected chi connectivity index (χ0v) is 16.9. The molecule has 10 heteroatoms. The Morgan fingerprint density at radius 2 is 1.83 bits per heavy atom. The Balaban J connectivity index is 1.40. The van der Waals surface area contributed by atoms with Crippen LogP contribution in [0.15, 0.2) is 63.9 Å². The van der Waals surface area contributed by atoms with Crippen molar-refractivity contribution in [2.45, 2.75) is 17.7 Å². The van der Waals surface area contributed by atoms with Gasteiger partial charge in [-0.15, -0.1) is 10.2 Å². The van der Waals surface area contributed by atoms with Crippen molar-refractivity contribution in [3.63, 3.8) is 0 Å². The molecule has 3 rings (SSSR count). The summed E-state index contributed by atoms with van der Waals surface area (Å²) in [5, 5.41) is 10.9. The van der Waals surface area contributed by atoms with Gasteiger partial charge >= 0.3 is 0 Å². The second kappa shape index (κ2) is 9.64. The van der Waals surface area contributed by atoms with Gasteiger partial charge in [-0.2, -0.15) is 0 Å². The van der Waals surface area contributed by atoms with E-state index in [0.29, 0.717) is 23.2 Å². The Bertz CT molecular complexity index is 1070. The van der Waals surface area contributed by atoms with Crippen molar-refractivity contribution in [2.75, 3.05) is 13.1 Å². The van der Waals surface area contributed by atoms with Gasteiger partial charge in [0, 0.05) is 36.5 Å². The first-order chi connectivity index (χ1) is 13.9.